The second kappa shape index (κ2) is 8.82. The number of carboxylic acid groups (broad SMARTS) is 2. The molecule has 6 heteroatoms. The number of hydrogen-bond donors (Lipinski definition) is 2. The Balaban J connectivity index is 1.76. The average molecular weight is 442 g/mol. The smallest absolute Gasteiger partial charge is 0.335 e. The number of Topliss-reactive ketones (excluding diaryl/α,β-unsaturated/α-hetero) is 2. The molecule has 0 aliphatic heterocycles. The van der Waals surface area contributed by atoms with Crippen LogP contribution in [0.25, 0.3) is 0 Å². The highest BCUT2D eigenvalue weighted by Gasteiger charge is 2.56. The van der Waals surface area contributed by atoms with Crippen LogP contribution in [-0.4, -0.2) is 33.7 Å². The van der Waals surface area contributed by atoms with Gasteiger partial charge in [-0.3, -0.25) is 9.59 Å². The SMILES string of the molecule is CC(=O)[C@H]1C(C(=O)c2ccc(C(=O)O)cc2)[C@@H](c2ccccc2)[C@@H]1c1ccc(C(=O)O)cc1. The zero-order valence-corrected chi connectivity index (χ0v) is 17.8. The Labute approximate surface area is 190 Å². The molecule has 4 atom stereocenters. The van der Waals surface area contributed by atoms with Crippen molar-refractivity contribution in [3.05, 3.63) is 107 Å². The largest absolute Gasteiger partial charge is 0.478 e. The van der Waals surface area contributed by atoms with Gasteiger partial charge in [-0.1, -0.05) is 54.6 Å². The van der Waals surface area contributed by atoms with Crippen LogP contribution >= 0.6 is 0 Å². The van der Waals surface area contributed by atoms with Gasteiger partial charge in [0, 0.05) is 29.2 Å². The van der Waals surface area contributed by atoms with E-state index >= 15 is 0 Å². The van der Waals surface area contributed by atoms with E-state index in [1.165, 1.54) is 43.3 Å². The zero-order chi connectivity index (χ0) is 23.7. The van der Waals surface area contributed by atoms with Gasteiger partial charge >= 0.3 is 11.9 Å². The van der Waals surface area contributed by atoms with Crippen LogP contribution in [0.1, 0.15) is 61.0 Å². The lowest BCUT2D eigenvalue weighted by atomic mass is 9.50. The van der Waals surface area contributed by atoms with Crippen LogP contribution in [0.15, 0.2) is 78.9 Å². The van der Waals surface area contributed by atoms with Gasteiger partial charge in [0.15, 0.2) is 5.78 Å². The molecule has 3 aromatic carbocycles. The Morgan fingerprint density at radius 3 is 1.48 bits per heavy atom. The Morgan fingerprint density at radius 1 is 0.576 bits per heavy atom. The molecule has 1 aliphatic rings. The third-order valence-electron chi connectivity index (χ3n) is 6.46. The highest BCUT2D eigenvalue weighted by molar-refractivity contribution is 6.03. The fourth-order valence-corrected chi connectivity index (χ4v) is 4.90. The van der Waals surface area contributed by atoms with Crippen molar-refractivity contribution in [3.63, 3.8) is 0 Å². The first-order valence-corrected chi connectivity index (χ1v) is 10.6. The minimum Gasteiger partial charge on any atom is -0.478 e. The van der Waals surface area contributed by atoms with E-state index in [9.17, 15) is 24.3 Å². The standard InChI is InChI=1S/C27H22O6/c1-15(28)21-22(17-7-11-19(12-8-17)26(30)31)23(16-5-3-2-4-6-16)24(21)25(29)18-9-13-20(14-10-18)27(32)33/h2-14,21-24H,1H3,(H,30,31)(H,32,33)/t21-,22-,23+,24?/m1/s1. The summed E-state index contributed by atoms with van der Waals surface area (Å²) in [6, 6.07) is 21.7. The van der Waals surface area contributed by atoms with Gasteiger partial charge in [-0.05, 0) is 42.3 Å². The zero-order valence-electron chi connectivity index (χ0n) is 17.8. The maximum Gasteiger partial charge on any atom is 0.335 e. The molecule has 0 saturated heterocycles. The summed E-state index contributed by atoms with van der Waals surface area (Å²) < 4.78 is 0. The van der Waals surface area contributed by atoms with Crippen molar-refractivity contribution in [2.75, 3.05) is 0 Å². The number of carbonyl (C=O) groups excluding carboxylic acids is 2. The number of carboxylic acids is 2. The fraction of sp³-hybridized carbons (Fsp3) is 0.185. The highest BCUT2D eigenvalue weighted by atomic mass is 16.4. The minimum atomic E-state index is -1.08. The molecule has 1 aliphatic carbocycles. The Morgan fingerprint density at radius 2 is 1.00 bits per heavy atom. The second-order valence-corrected chi connectivity index (χ2v) is 8.30. The van der Waals surface area contributed by atoms with Crippen LogP contribution in [-0.2, 0) is 4.79 Å². The van der Waals surface area contributed by atoms with E-state index in [0.717, 1.165) is 11.1 Å². The first-order valence-electron chi connectivity index (χ1n) is 10.6. The first kappa shape index (κ1) is 22.1. The number of carbonyl (C=O) groups is 4. The number of rotatable bonds is 7. The Hall–Kier alpha value is -4.06. The number of ketones is 2. The lowest BCUT2D eigenvalue weighted by Crippen LogP contribution is -2.50. The molecule has 0 heterocycles. The van der Waals surface area contributed by atoms with Gasteiger partial charge in [-0.2, -0.15) is 0 Å². The molecule has 0 radical (unpaired) electrons. The van der Waals surface area contributed by atoms with Gasteiger partial charge < -0.3 is 10.2 Å². The highest BCUT2D eigenvalue weighted by Crippen LogP contribution is 2.59. The van der Waals surface area contributed by atoms with Gasteiger partial charge in [0.25, 0.3) is 0 Å². The van der Waals surface area contributed by atoms with Crippen molar-refractivity contribution in [2.45, 2.75) is 18.8 Å². The van der Waals surface area contributed by atoms with Crippen LogP contribution in [0.2, 0.25) is 0 Å². The molecule has 4 rings (SSSR count). The van der Waals surface area contributed by atoms with Gasteiger partial charge in [-0.15, -0.1) is 0 Å². The third-order valence-corrected chi connectivity index (χ3v) is 6.46. The van der Waals surface area contributed by atoms with Crippen LogP contribution in [0.3, 0.4) is 0 Å². The van der Waals surface area contributed by atoms with Gasteiger partial charge in [0.05, 0.1) is 11.1 Å². The van der Waals surface area contributed by atoms with Crippen molar-refractivity contribution < 1.29 is 29.4 Å². The monoisotopic (exact) mass is 442 g/mol. The summed E-state index contributed by atoms with van der Waals surface area (Å²) in [5.74, 6) is -4.17. The lowest BCUT2D eigenvalue weighted by molar-refractivity contribution is -0.127. The lowest BCUT2D eigenvalue weighted by Gasteiger charge is -2.51. The quantitative estimate of drug-likeness (QED) is 0.515. The van der Waals surface area contributed by atoms with Crippen LogP contribution < -0.4 is 0 Å². The van der Waals surface area contributed by atoms with E-state index in [4.69, 9.17) is 5.11 Å². The summed E-state index contributed by atoms with van der Waals surface area (Å²) in [5, 5.41) is 18.3. The minimum absolute atomic E-state index is 0.0827. The van der Waals surface area contributed by atoms with E-state index in [-0.39, 0.29) is 34.5 Å². The summed E-state index contributed by atoms with van der Waals surface area (Å²) >= 11 is 0. The molecule has 166 valence electrons. The van der Waals surface area contributed by atoms with E-state index in [1.807, 2.05) is 30.3 Å². The van der Waals surface area contributed by atoms with Crippen molar-refractivity contribution in [3.8, 4) is 0 Å². The molecule has 0 bridgehead atoms. The third kappa shape index (κ3) is 4.07. The molecular formula is C27H22O6. The molecule has 3 aromatic rings. The molecule has 0 aromatic heterocycles. The predicted molar refractivity (Wildman–Crippen MR) is 121 cm³/mol. The van der Waals surface area contributed by atoms with Crippen molar-refractivity contribution in [1.29, 1.82) is 0 Å². The Bertz CT molecular complexity index is 1210. The molecular weight excluding hydrogens is 420 g/mol. The van der Waals surface area contributed by atoms with Gasteiger partial charge in [0.2, 0.25) is 0 Å². The van der Waals surface area contributed by atoms with Crippen LogP contribution in [0.4, 0.5) is 0 Å². The second-order valence-electron chi connectivity index (χ2n) is 8.30. The molecule has 0 amide bonds. The number of benzene rings is 3. The van der Waals surface area contributed by atoms with Crippen molar-refractivity contribution in [2.24, 2.45) is 11.8 Å². The number of aromatic carboxylic acids is 2. The molecule has 33 heavy (non-hydrogen) atoms. The molecule has 1 saturated carbocycles. The molecule has 1 fully saturated rings. The predicted octanol–water partition coefficient (Wildman–Crippen LogP) is 4.67. The summed E-state index contributed by atoms with van der Waals surface area (Å²) in [6.07, 6.45) is 0. The van der Waals surface area contributed by atoms with E-state index < -0.39 is 23.8 Å². The summed E-state index contributed by atoms with van der Waals surface area (Å²) in [5.41, 5.74) is 2.32. The van der Waals surface area contributed by atoms with E-state index in [1.54, 1.807) is 12.1 Å². The van der Waals surface area contributed by atoms with E-state index in [0.29, 0.717) is 5.56 Å². The average Bonchev–Trinajstić information content (AvgIpc) is 2.79. The number of hydrogen-bond acceptors (Lipinski definition) is 4. The molecule has 6 nitrogen and oxygen atoms in total. The van der Waals surface area contributed by atoms with Gasteiger partial charge in [0.1, 0.15) is 5.78 Å². The normalized spacial score (nSPS) is 21.6. The maximum atomic E-state index is 13.5. The van der Waals surface area contributed by atoms with E-state index in [2.05, 4.69) is 0 Å². The van der Waals surface area contributed by atoms with Crippen molar-refractivity contribution in [1.82, 2.24) is 0 Å². The maximum absolute atomic E-state index is 13.5. The van der Waals surface area contributed by atoms with Crippen LogP contribution in [0, 0.1) is 11.8 Å². The fourth-order valence-electron chi connectivity index (χ4n) is 4.90. The molecule has 1 unspecified atom stereocenters. The molecule has 2 N–H and O–H groups in total. The summed E-state index contributed by atoms with van der Waals surface area (Å²) in [4.78, 5) is 48.7. The first-order chi connectivity index (χ1) is 15.8. The topological polar surface area (TPSA) is 109 Å². The summed E-state index contributed by atoms with van der Waals surface area (Å²) in [7, 11) is 0. The van der Waals surface area contributed by atoms with Gasteiger partial charge in [-0.25, -0.2) is 9.59 Å². The van der Waals surface area contributed by atoms with Crippen LogP contribution in [0.5, 0.6) is 0 Å². The van der Waals surface area contributed by atoms with Crippen molar-refractivity contribution >= 4 is 23.5 Å². The Kier molecular flexibility index (Phi) is 5.92. The summed E-state index contributed by atoms with van der Waals surface area (Å²) in [6.45, 7) is 1.47. The molecule has 0 spiro atoms.